The molecule has 188 valence electrons. The van der Waals surface area contributed by atoms with Crippen molar-refractivity contribution in [2.45, 2.75) is 34.2 Å². The summed E-state index contributed by atoms with van der Waals surface area (Å²) in [5, 5.41) is 3.25. The van der Waals surface area contributed by atoms with Crippen molar-refractivity contribution in [3.05, 3.63) is 130 Å². The molecule has 7 rings (SSSR count). The van der Waals surface area contributed by atoms with Crippen molar-refractivity contribution in [3.8, 4) is 0 Å². The van der Waals surface area contributed by atoms with Gasteiger partial charge in [-0.1, -0.05) is 0 Å². The topological polar surface area (TPSA) is 0 Å². The van der Waals surface area contributed by atoms with Crippen LogP contribution in [0.15, 0.2) is 97.1 Å². The predicted molar refractivity (Wildman–Crippen MR) is 153 cm³/mol. The summed E-state index contributed by atoms with van der Waals surface area (Å²) in [5.74, 6) is 0. The standard InChI is InChI=1S/C34H30Si.2ClH.Zr/c1-23-29(25-13-7-5-8-14-25)21-27-17-11-19-31(33(23)27)35(3,4)32-20-12-18-28-22-30(24(2)34(28)32)26-15-9-6-10-16-26;;;/h5-22H,1-4H3;2*1H;/q;;;+2/p-2. The van der Waals surface area contributed by atoms with Gasteiger partial charge in [0.05, 0.1) is 0 Å². The third-order valence-corrected chi connectivity index (χ3v) is 16.9. The molecular weight excluding hydrogens is 599 g/mol. The van der Waals surface area contributed by atoms with E-state index in [4.69, 9.17) is 0 Å². The summed E-state index contributed by atoms with van der Waals surface area (Å²) < 4.78 is 1.14. The van der Waals surface area contributed by atoms with Gasteiger partial charge in [-0.15, -0.1) is 0 Å². The van der Waals surface area contributed by atoms with Crippen LogP contribution in [0.5, 0.6) is 0 Å². The molecule has 0 radical (unpaired) electrons. The molecule has 1 heterocycles. The van der Waals surface area contributed by atoms with E-state index >= 15 is 0 Å². The Bertz CT molecular complexity index is 1480. The zero-order chi connectivity index (χ0) is 24.6. The number of rotatable bonds is 2. The molecule has 0 saturated carbocycles. The fourth-order valence-electron chi connectivity index (χ4n) is 7.17. The maximum absolute atomic E-state index is 2.59. The molecule has 0 saturated heterocycles. The van der Waals surface area contributed by atoms with Crippen molar-refractivity contribution in [2.75, 3.05) is 0 Å². The first-order valence-corrected chi connectivity index (χ1v) is 18.9. The minimum Gasteiger partial charge on any atom is -1.00 e. The van der Waals surface area contributed by atoms with E-state index in [-0.39, 0.29) is 24.8 Å². The average Bonchev–Trinajstić information content (AvgIpc) is 3.35. The Kier molecular flexibility index (Phi) is 7.42. The summed E-state index contributed by atoms with van der Waals surface area (Å²) in [6.45, 7) is 10.0. The number of benzene rings is 4. The summed E-state index contributed by atoms with van der Waals surface area (Å²) in [4.78, 5) is 0. The normalized spacial score (nSPS) is 19.7. The van der Waals surface area contributed by atoms with Gasteiger partial charge in [0.2, 0.25) is 0 Å². The van der Waals surface area contributed by atoms with E-state index in [0.717, 1.165) is 0 Å². The number of halogens is 2. The van der Waals surface area contributed by atoms with Gasteiger partial charge in [-0.05, 0) is 0 Å². The van der Waals surface area contributed by atoms with Crippen molar-refractivity contribution in [1.29, 1.82) is 0 Å². The molecule has 2 unspecified atom stereocenters. The molecule has 0 fully saturated rings. The molecule has 2 aliphatic carbocycles. The zero-order valence-electron chi connectivity index (χ0n) is 22.1. The number of hydrogen-bond donors (Lipinski definition) is 0. The maximum atomic E-state index is 2.59. The van der Waals surface area contributed by atoms with Gasteiger partial charge >= 0.3 is 229 Å². The Morgan fingerprint density at radius 2 is 0.921 bits per heavy atom. The van der Waals surface area contributed by atoms with Crippen molar-refractivity contribution in [1.82, 2.24) is 0 Å². The third-order valence-electron chi connectivity index (χ3n) is 8.80. The van der Waals surface area contributed by atoms with Gasteiger partial charge in [0.25, 0.3) is 0 Å². The van der Waals surface area contributed by atoms with Crippen LogP contribution in [0.25, 0.3) is 22.3 Å². The first-order valence-electron chi connectivity index (χ1n) is 13.0. The second-order valence-corrected chi connectivity index (χ2v) is 19.0. The summed E-state index contributed by atoms with van der Waals surface area (Å²) in [5.41, 5.74) is 15.6. The van der Waals surface area contributed by atoms with Crippen LogP contribution in [0, 0.1) is 0 Å². The van der Waals surface area contributed by atoms with Crippen molar-refractivity contribution in [2.24, 2.45) is 0 Å². The van der Waals surface area contributed by atoms with Crippen molar-refractivity contribution < 1.29 is 48.0 Å². The molecule has 4 aromatic rings. The molecule has 0 aromatic heterocycles. The zero-order valence-corrected chi connectivity index (χ0v) is 27.1. The van der Waals surface area contributed by atoms with E-state index in [2.05, 4.69) is 124 Å². The van der Waals surface area contributed by atoms with Crippen LogP contribution in [-0.2, 0) is 23.2 Å². The predicted octanol–water partition coefficient (Wildman–Crippen LogP) is 1.58. The van der Waals surface area contributed by atoms with Gasteiger partial charge < -0.3 is 24.8 Å². The molecule has 0 amide bonds. The molecular formula is C34H30Cl2SiZr. The van der Waals surface area contributed by atoms with Crippen LogP contribution in [0.4, 0.5) is 0 Å². The largest absolute Gasteiger partial charge is 1.00 e. The quantitative estimate of drug-likeness (QED) is 0.296. The molecule has 2 atom stereocenters. The third kappa shape index (κ3) is 3.87. The Balaban J connectivity index is 0.00000147. The van der Waals surface area contributed by atoms with Crippen LogP contribution in [0.2, 0.25) is 13.1 Å². The van der Waals surface area contributed by atoms with Crippen LogP contribution in [0.1, 0.15) is 54.5 Å². The molecule has 8 bridgehead atoms. The Labute approximate surface area is 251 Å². The van der Waals surface area contributed by atoms with Gasteiger partial charge in [0, 0.05) is 0 Å². The molecule has 3 aliphatic rings. The molecule has 0 nitrogen and oxygen atoms in total. The van der Waals surface area contributed by atoms with Gasteiger partial charge in [0.1, 0.15) is 0 Å². The Morgan fingerprint density at radius 3 is 1.32 bits per heavy atom. The maximum Gasteiger partial charge on any atom is -1.00 e. The van der Waals surface area contributed by atoms with E-state index in [0.29, 0.717) is 7.25 Å². The smallest absolute Gasteiger partial charge is 1.00 e. The summed E-state index contributed by atoms with van der Waals surface area (Å²) in [7, 11) is -1.97. The monoisotopic (exact) mass is 626 g/mol. The fraction of sp³-hybridized carbons (Fsp3) is 0.176. The van der Waals surface area contributed by atoms with E-state index in [1.54, 1.807) is 43.8 Å². The van der Waals surface area contributed by atoms with Gasteiger partial charge in [-0.3, -0.25) is 0 Å². The van der Waals surface area contributed by atoms with Crippen LogP contribution < -0.4 is 35.2 Å². The van der Waals surface area contributed by atoms with Gasteiger partial charge in [-0.25, -0.2) is 0 Å². The van der Waals surface area contributed by atoms with Gasteiger partial charge in [0.15, 0.2) is 0 Å². The second kappa shape index (κ2) is 10.2. The van der Waals surface area contributed by atoms with E-state index in [1.807, 2.05) is 0 Å². The summed E-state index contributed by atoms with van der Waals surface area (Å²) >= 11 is -1.01. The van der Waals surface area contributed by atoms with Crippen LogP contribution in [0.3, 0.4) is 0 Å². The minimum atomic E-state index is -1.97. The van der Waals surface area contributed by atoms with Crippen LogP contribution >= 0.6 is 0 Å². The Morgan fingerprint density at radius 1 is 0.526 bits per heavy atom. The van der Waals surface area contributed by atoms with E-state index < -0.39 is 31.3 Å². The fourth-order valence-corrected chi connectivity index (χ4v) is 16.0. The molecule has 38 heavy (non-hydrogen) atoms. The number of hydrogen-bond acceptors (Lipinski definition) is 0. The molecule has 0 spiro atoms. The van der Waals surface area contributed by atoms with Crippen LogP contribution in [-0.4, -0.2) is 8.07 Å². The first kappa shape index (κ1) is 27.6. The molecule has 4 aromatic carbocycles. The Hall–Kier alpha value is -1.96. The summed E-state index contributed by atoms with van der Waals surface area (Å²) in [6.07, 6.45) is 0. The minimum absolute atomic E-state index is 0. The molecule has 4 heteroatoms. The molecule has 0 N–H and O–H groups in total. The average molecular weight is 629 g/mol. The SMILES string of the molecule is CC1=C(c2ccccc2)[CH]2[Zr+2][CH]3C(c4ccccc4)=C(C)c4c3cccc4[Si](C)(C)c3cccc2c31.[Cl-].[Cl-]. The van der Waals surface area contributed by atoms with E-state index in [1.165, 1.54) is 22.3 Å². The van der Waals surface area contributed by atoms with Crippen molar-refractivity contribution in [3.63, 3.8) is 0 Å². The second-order valence-electron chi connectivity index (χ2n) is 11.0. The van der Waals surface area contributed by atoms with Gasteiger partial charge in [-0.2, -0.15) is 0 Å². The van der Waals surface area contributed by atoms with E-state index in [9.17, 15) is 0 Å². The first-order chi connectivity index (χ1) is 17.5. The number of allylic oxidation sites excluding steroid dienone is 4. The summed E-state index contributed by atoms with van der Waals surface area (Å²) in [6, 6.07) is 37.2. The van der Waals surface area contributed by atoms with Crippen molar-refractivity contribution >= 4 is 40.7 Å². The molecule has 1 aliphatic heterocycles.